The normalized spacial score (nSPS) is 16.9. The van der Waals surface area contributed by atoms with Gasteiger partial charge < -0.3 is 4.74 Å². The molecule has 0 N–H and O–H groups in total. The van der Waals surface area contributed by atoms with Crippen molar-refractivity contribution in [2.75, 3.05) is 6.61 Å². The number of hydrogen-bond donors (Lipinski definition) is 0. The zero-order valence-corrected chi connectivity index (χ0v) is 19.4. The molecule has 0 aliphatic rings. The number of esters is 1. The topological polar surface area (TPSA) is 26.3 Å². The molecule has 0 aromatic heterocycles. The summed E-state index contributed by atoms with van der Waals surface area (Å²) >= 11 is 0. The van der Waals surface area contributed by atoms with Gasteiger partial charge in [-0.05, 0) is 23.7 Å². The number of rotatable bonds is 11. The second-order valence-electron chi connectivity index (χ2n) is 9.57. The smallest absolute Gasteiger partial charge is 0.460 e. The molecule has 0 aliphatic carbocycles. The van der Waals surface area contributed by atoms with E-state index < -0.39 is 71.8 Å². The van der Waals surface area contributed by atoms with E-state index in [4.69, 9.17) is 0 Å². The van der Waals surface area contributed by atoms with Crippen LogP contribution in [0.4, 0.5) is 52.7 Å². The molecule has 1 unspecified atom stereocenters. The van der Waals surface area contributed by atoms with Crippen LogP contribution in [0.15, 0.2) is 0 Å². The molecule has 204 valence electrons. The van der Waals surface area contributed by atoms with E-state index in [1.807, 2.05) is 0 Å². The molecule has 1 atom stereocenters. The van der Waals surface area contributed by atoms with Crippen LogP contribution in [-0.2, 0) is 9.53 Å². The summed E-state index contributed by atoms with van der Waals surface area (Å²) in [5, 5.41) is 0. The van der Waals surface area contributed by atoms with Gasteiger partial charge in [0.25, 0.3) is 0 Å². The fourth-order valence-corrected chi connectivity index (χ4v) is 3.29. The van der Waals surface area contributed by atoms with Gasteiger partial charge in [-0.3, -0.25) is 4.79 Å². The van der Waals surface area contributed by atoms with Crippen molar-refractivity contribution in [3.8, 4) is 0 Å². The van der Waals surface area contributed by atoms with E-state index in [9.17, 15) is 57.5 Å². The highest BCUT2D eigenvalue weighted by atomic mass is 19.4. The van der Waals surface area contributed by atoms with Crippen LogP contribution in [0.1, 0.15) is 67.2 Å². The summed E-state index contributed by atoms with van der Waals surface area (Å²) < 4.78 is 164. The second-order valence-corrected chi connectivity index (χ2v) is 9.57. The van der Waals surface area contributed by atoms with Crippen molar-refractivity contribution in [1.82, 2.24) is 0 Å². The molecule has 2 nitrogen and oxygen atoms in total. The molecular formula is C20H28F12O2. The van der Waals surface area contributed by atoms with Crippen LogP contribution < -0.4 is 0 Å². The number of carbonyl (C=O) groups excluding carboxylic acids is 1. The highest BCUT2D eigenvalue weighted by molar-refractivity contribution is 5.79. The average Bonchev–Trinajstić information content (AvgIpc) is 2.63. The van der Waals surface area contributed by atoms with Gasteiger partial charge in [-0.15, -0.1) is 0 Å². The third-order valence-corrected chi connectivity index (χ3v) is 6.43. The van der Waals surface area contributed by atoms with Gasteiger partial charge in [-0.1, -0.05) is 48.0 Å². The van der Waals surface area contributed by atoms with Crippen LogP contribution in [-0.4, -0.2) is 42.7 Å². The molecule has 34 heavy (non-hydrogen) atoms. The monoisotopic (exact) mass is 528 g/mol. The summed E-state index contributed by atoms with van der Waals surface area (Å²) in [5.41, 5.74) is -6.36. The number of carbonyl (C=O) groups is 1. The highest BCUT2D eigenvalue weighted by Gasteiger charge is 2.81. The molecule has 0 saturated heterocycles. The van der Waals surface area contributed by atoms with Crippen LogP contribution in [0, 0.1) is 16.2 Å². The number of halogens is 12. The van der Waals surface area contributed by atoms with Gasteiger partial charge in [0.15, 0.2) is 5.41 Å². The minimum absolute atomic E-state index is 0.134. The lowest BCUT2D eigenvalue weighted by molar-refractivity contribution is -0.397. The molecule has 0 bridgehead atoms. The fourth-order valence-electron chi connectivity index (χ4n) is 3.29. The van der Waals surface area contributed by atoms with Gasteiger partial charge in [0.05, 0.1) is 13.0 Å². The van der Waals surface area contributed by atoms with Gasteiger partial charge >= 0.3 is 36.1 Å². The lowest BCUT2D eigenvalue weighted by Gasteiger charge is -2.48. The summed E-state index contributed by atoms with van der Waals surface area (Å²) in [6, 6.07) is 0. The third kappa shape index (κ3) is 5.71. The van der Waals surface area contributed by atoms with Crippen molar-refractivity contribution in [3.05, 3.63) is 0 Å². The van der Waals surface area contributed by atoms with E-state index in [1.165, 1.54) is 27.7 Å². The Morgan fingerprint density at radius 1 is 0.676 bits per heavy atom. The summed E-state index contributed by atoms with van der Waals surface area (Å²) in [6.07, 6.45) is -16.0. The van der Waals surface area contributed by atoms with Crippen molar-refractivity contribution < 1.29 is 62.2 Å². The Bertz CT molecular complexity index is 707. The fraction of sp³-hybridized carbons (Fsp3) is 0.950. The van der Waals surface area contributed by atoms with Crippen molar-refractivity contribution >= 4 is 5.97 Å². The largest absolute Gasteiger partial charge is 0.465 e. The zero-order chi connectivity index (χ0) is 27.8. The standard InChI is InChI=1S/C20H28F12O2/c1-7-13(3,4)11-15(19(27,28)29,14(5,6)8-2)12(33)34-10-9-16(21,22)17(23,24)18(25,26)20(30,31)32/h7-11H2,1-6H3. The van der Waals surface area contributed by atoms with Crippen molar-refractivity contribution in [2.24, 2.45) is 16.2 Å². The van der Waals surface area contributed by atoms with Crippen LogP contribution in [0.5, 0.6) is 0 Å². The maximum atomic E-state index is 14.3. The zero-order valence-electron chi connectivity index (χ0n) is 19.4. The Labute approximate surface area is 189 Å². The van der Waals surface area contributed by atoms with Crippen LogP contribution in [0.2, 0.25) is 0 Å². The maximum Gasteiger partial charge on any atom is 0.460 e. The molecule has 0 aromatic rings. The Hall–Kier alpha value is -1.37. The number of ether oxygens (including phenoxy) is 1. The van der Waals surface area contributed by atoms with E-state index in [0.717, 1.165) is 13.8 Å². The van der Waals surface area contributed by atoms with Crippen molar-refractivity contribution in [2.45, 2.75) is 97.3 Å². The summed E-state index contributed by atoms with van der Waals surface area (Å²) in [5.74, 6) is -22.3. The van der Waals surface area contributed by atoms with Crippen LogP contribution in [0.3, 0.4) is 0 Å². The Morgan fingerprint density at radius 3 is 1.44 bits per heavy atom. The summed E-state index contributed by atoms with van der Waals surface area (Å²) in [6.45, 7) is 5.76. The van der Waals surface area contributed by atoms with E-state index in [1.54, 1.807) is 0 Å². The Balaban J connectivity index is 6.14. The van der Waals surface area contributed by atoms with Gasteiger partial charge in [0.2, 0.25) is 0 Å². The lowest BCUT2D eigenvalue weighted by atomic mass is 9.57. The van der Waals surface area contributed by atoms with Crippen LogP contribution >= 0.6 is 0 Å². The number of alkyl halides is 12. The molecule has 0 aromatic carbocycles. The predicted molar refractivity (Wildman–Crippen MR) is 97.7 cm³/mol. The molecule has 0 saturated carbocycles. The first-order valence-electron chi connectivity index (χ1n) is 10.1. The molecule has 0 spiro atoms. The maximum absolute atomic E-state index is 14.3. The quantitative estimate of drug-likeness (QED) is 0.200. The Kier molecular flexibility index (Phi) is 9.20. The minimum atomic E-state index is -7.15. The first-order valence-corrected chi connectivity index (χ1v) is 10.1. The first-order chi connectivity index (χ1) is 14.7. The van der Waals surface area contributed by atoms with E-state index in [0.29, 0.717) is 0 Å². The average molecular weight is 528 g/mol. The molecule has 0 aliphatic heterocycles. The molecule has 0 amide bonds. The minimum Gasteiger partial charge on any atom is -0.465 e. The summed E-state index contributed by atoms with van der Waals surface area (Å²) in [4.78, 5) is 12.7. The highest BCUT2D eigenvalue weighted by Crippen LogP contribution is 2.59. The third-order valence-electron chi connectivity index (χ3n) is 6.43. The van der Waals surface area contributed by atoms with Crippen molar-refractivity contribution in [1.29, 1.82) is 0 Å². The molecule has 0 fully saturated rings. The second kappa shape index (κ2) is 9.59. The number of hydrogen-bond acceptors (Lipinski definition) is 2. The van der Waals surface area contributed by atoms with Crippen molar-refractivity contribution in [3.63, 3.8) is 0 Å². The van der Waals surface area contributed by atoms with Gasteiger partial charge in [0, 0.05) is 0 Å². The van der Waals surface area contributed by atoms with E-state index in [-0.39, 0.29) is 12.8 Å². The van der Waals surface area contributed by atoms with E-state index in [2.05, 4.69) is 4.74 Å². The predicted octanol–water partition coefficient (Wildman–Crippen LogP) is 8.20. The van der Waals surface area contributed by atoms with Gasteiger partial charge in [0.1, 0.15) is 0 Å². The molecular weight excluding hydrogens is 500 g/mol. The summed E-state index contributed by atoms with van der Waals surface area (Å²) in [7, 11) is 0. The lowest BCUT2D eigenvalue weighted by Crippen LogP contribution is -2.61. The SMILES string of the molecule is CCC(C)(C)CC(C(=O)OCCC(F)(F)C(F)(F)C(F)(F)C(F)(F)F)(C(F)(F)F)C(C)(C)CC. The van der Waals surface area contributed by atoms with Gasteiger partial charge in [-0.2, -0.15) is 52.7 Å². The van der Waals surface area contributed by atoms with E-state index >= 15 is 0 Å². The molecule has 0 radical (unpaired) electrons. The van der Waals surface area contributed by atoms with Gasteiger partial charge in [-0.25, -0.2) is 0 Å². The molecule has 0 rings (SSSR count). The molecule has 0 heterocycles. The Morgan fingerprint density at radius 2 is 1.12 bits per heavy atom. The first kappa shape index (κ1) is 32.6. The molecule has 14 heteroatoms. The van der Waals surface area contributed by atoms with Crippen LogP contribution in [0.25, 0.3) is 0 Å².